The lowest BCUT2D eigenvalue weighted by atomic mass is 9.99. The van der Waals surface area contributed by atoms with E-state index in [4.69, 9.17) is 21.3 Å². The average Bonchev–Trinajstić information content (AvgIpc) is 3.42. The SMILES string of the molecule is Cc1sc2c(c1C)C(c1ccc(Cl)cc1)=N[C@H](CC(=O)NCCCNC(=O)OC1CCC=CCCC1)c1nnc(C)n1-2. The summed E-state index contributed by atoms with van der Waals surface area (Å²) in [6.45, 7) is 6.96. The van der Waals surface area contributed by atoms with Gasteiger partial charge in [-0.15, -0.1) is 21.5 Å². The van der Waals surface area contributed by atoms with Gasteiger partial charge in [0.05, 0.1) is 12.1 Å². The minimum absolute atomic E-state index is 0.0457. The molecular formula is C31H37ClN6O3S. The van der Waals surface area contributed by atoms with Gasteiger partial charge in [-0.05, 0) is 77.0 Å². The number of nitrogens with one attached hydrogen (secondary N) is 2. The van der Waals surface area contributed by atoms with E-state index in [0.29, 0.717) is 30.4 Å². The molecule has 0 fully saturated rings. The number of aliphatic imine (C=N–C) groups is 1. The van der Waals surface area contributed by atoms with Crippen molar-refractivity contribution in [3.63, 3.8) is 0 Å². The Morgan fingerprint density at radius 2 is 1.81 bits per heavy atom. The minimum Gasteiger partial charge on any atom is -0.446 e. The zero-order valence-corrected chi connectivity index (χ0v) is 25.9. The fourth-order valence-electron chi connectivity index (χ4n) is 5.32. The molecule has 2 aromatic heterocycles. The molecule has 0 saturated heterocycles. The number of rotatable bonds is 8. The lowest BCUT2D eigenvalue weighted by molar-refractivity contribution is -0.121. The van der Waals surface area contributed by atoms with Crippen LogP contribution in [0.3, 0.4) is 0 Å². The maximum Gasteiger partial charge on any atom is 0.407 e. The summed E-state index contributed by atoms with van der Waals surface area (Å²) >= 11 is 7.87. The molecule has 1 aromatic carbocycles. The molecule has 2 aliphatic rings. The van der Waals surface area contributed by atoms with Crippen LogP contribution in [0.1, 0.15) is 84.2 Å². The maximum absolute atomic E-state index is 13.1. The fraction of sp³-hybridized carbons (Fsp3) is 0.452. The van der Waals surface area contributed by atoms with Gasteiger partial charge in [0.1, 0.15) is 23.0 Å². The molecule has 9 nitrogen and oxygen atoms in total. The first-order chi connectivity index (χ1) is 20.3. The second kappa shape index (κ2) is 13.6. The fourth-order valence-corrected chi connectivity index (χ4v) is 6.66. The third kappa shape index (κ3) is 6.93. The summed E-state index contributed by atoms with van der Waals surface area (Å²) in [6, 6.07) is 7.10. The molecule has 2 N–H and O–H groups in total. The van der Waals surface area contributed by atoms with E-state index in [1.165, 1.54) is 4.88 Å². The molecule has 1 aliphatic carbocycles. The largest absolute Gasteiger partial charge is 0.446 e. The second-order valence-electron chi connectivity index (χ2n) is 10.7. The number of carbonyl (C=O) groups is 2. The van der Waals surface area contributed by atoms with Crippen LogP contribution in [-0.4, -0.2) is 51.7 Å². The van der Waals surface area contributed by atoms with Crippen LogP contribution in [0.15, 0.2) is 41.4 Å². The zero-order valence-electron chi connectivity index (χ0n) is 24.3. The summed E-state index contributed by atoms with van der Waals surface area (Å²) in [5, 5.41) is 16.2. The molecule has 2 atom stereocenters. The number of ether oxygens (including phenoxy) is 1. The quantitative estimate of drug-likeness (QED) is 0.230. The number of thiophene rings is 1. The van der Waals surface area contributed by atoms with Gasteiger partial charge in [0.2, 0.25) is 5.91 Å². The number of amides is 2. The van der Waals surface area contributed by atoms with E-state index in [9.17, 15) is 9.59 Å². The number of benzene rings is 1. The third-order valence-corrected chi connectivity index (χ3v) is 9.12. The van der Waals surface area contributed by atoms with E-state index in [1.54, 1.807) is 11.3 Å². The molecule has 0 radical (unpaired) electrons. The molecule has 3 heterocycles. The molecule has 1 unspecified atom stereocenters. The first kappa shape index (κ1) is 30.0. The van der Waals surface area contributed by atoms with E-state index >= 15 is 0 Å². The van der Waals surface area contributed by atoms with Crippen LogP contribution >= 0.6 is 22.9 Å². The van der Waals surface area contributed by atoms with Crippen LogP contribution in [0.5, 0.6) is 0 Å². The van der Waals surface area contributed by atoms with Crippen molar-refractivity contribution in [3.8, 4) is 5.00 Å². The van der Waals surface area contributed by atoms with E-state index in [2.05, 4.69) is 46.8 Å². The molecule has 2 amide bonds. The van der Waals surface area contributed by atoms with E-state index in [0.717, 1.165) is 65.3 Å². The molecular weight excluding hydrogens is 572 g/mol. The number of allylic oxidation sites excluding steroid dienone is 2. The van der Waals surface area contributed by atoms with Gasteiger partial charge < -0.3 is 15.4 Å². The highest BCUT2D eigenvalue weighted by Crippen LogP contribution is 2.39. The van der Waals surface area contributed by atoms with E-state index in [1.807, 2.05) is 35.8 Å². The Hall–Kier alpha value is -3.50. The molecule has 3 aromatic rings. The highest BCUT2D eigenvalue weighted by atomic mass is 35.5. The third-order valence-electron chi connectivity index (χ3n) is 7.67. The molecule has 222 valence electrons. The van der Waals surface area contributed by atoms with Gasteiger partial charge in [0.25, 0.3) is 0 Å². The Labute approximate surface area is 255 Å². The predicted octanol–water partition coefficient (Wildman–Crippen LogP) is 6.31. The summed E-state index contributed by atoms with van der Waals surface area (Å²) in [4.78, 5) is 31.7. The Morgan fingerprint density at radius 3 is 2.62 bits per heavy atom. The summed E-state index contributed by atoms with van der Waals surface area (Å²) < 4.78 is 7.62. The number of halogens is 1. The topological polar surface area (TPSA) is 110 Å². The standard InChI is InChI=1S/C31H37ClN6O3S/c1-19-20(2)42-30-27(19)28(22-12-14-23(32)15-13-22)35-25(29-37-36-21(3)38(29)30)18-26(39)33-16-9-17-34-31(40)41-24-10-7-5-4-6-8-11-24/h4-5,12-15,24-25H,6-11,16-18H2,1-3H3,(H,33,39)(H,34,40)/t24?,25-/m1/s1. The lowest BCUT2D eigenvalue weighted by Crippen LogP contribution is -2.32. The number of alkyl carbamates (subject to hydrolysis) is 1. The van der Waals surface area contributed by atoms with Gasteiger partial charge in [-0.2, -0.15) is 0 Å². The van der Waals surface area contributed by atoms with Crippen LogP contribution in [-0.2, 0) is 9.53 Å². The van der Waals surface area contributed by atoms with Crippen LogP contribution in [0.4, 0.5) is 4.79 Å². The van der Waals surface area contributed by atoms with Crippen molar-refractivity contribution >= 4 is 40.6 Å². The van der Waals surface area contributed by atoms with Crippen molar-refractivity contribution in [2.75, 3.05) is 13.1 Å². The van der Waals surface area contributed by atoms with Crippen molar-refractivity contribution in [2.24, 2.45) is 4.99 Å². The van der Waals surface area contributed by atoms with E-state index in [-0.39, 0.29) is 18.4 Å². The number of fused-ring (bicyclic) bond motifs is 3. The van der Waals surface area contributed by atoms with Gasteiger partial charge in [-0.3, -0.25) is 14.4 Å². The number of hydrogen-bond acceptors (Lipinski definition) is 7. The minimum atomic E-state index is -0.525. The molecule has 5 rings (SSSR count). The van der Waals surface area contributed by atoms with Crippen LogP contribution in [0.2, 0.25) is 5.02 Å². The number of aryl methyl sites for hydroxylation is 2. The van der Waals surface area contributed by atoms with Crippen LogP contribution in [0.25, 0.3) is 5.00 Å². The molecule has 42 heavy (non-hydrogen) atoms. The molecule has 1 aliphatic heterocycles. The molecule has 11 heteroatoms. The number of hydrogen-bond donors (Lipinski definition) is 2. The number of nitrogens with zero attached hydrogens (tertiary/aromatic N) is 4. The first-order valence-corrected chi connectivity index (χ1v) is 15.7. The highest BCUT2D eigenvalue weighted by Gasteiger charge is 2.32. The van der Waals surface area contributed by atoms with Crippen molar-refractivity contribution in [2.45, 2.75) is 77.9 Å². The lowest BCUT2D eigenvalue weighted by Gasteiger charge is -2.18. The summed E-state index contributed by atoms with van der Waals surface area (Å²) in [5.41, 5.74) is 3.91. The highest BCUT2D eigenvalue weighted by molar-refractivity contribution is 7.15. The summed E-state index contributed by atoms with van der Waals surface area (Å²) in [7, 11) is 0. The monoisotopic (exact) mass is 608 g/mol. The number of carbonyl (C=O) groups excluding carboxylic acids is 2. The molecule has 0 spiro atoms. The summed E-state index contributed by atoms with van der Waals surface area (Å²) in [6.07, 6.45) is 9.33. The maximum atomic E-state index is 13.1. The Bertz CT molecular complexity index is 1490. The normalized spacial score (nSPS) is 18.1. The number of aromatic nitrogens is 3. The first-order valence-electron chi connectivity index (χ1n) is 14.5. The van der Waals surface area contributed by atoms with Crippen molar-refractivity contribution < 1.29 is 14.3 Å². The van der Waals surface area contributed by atoms with Crippen LogP contribution in [0, 0.1) is 20.8 Å². The zero-order chi connectivity index (χ0) is 29.6. The molecule has 0 bridgehead atoms. The van der Waals surface area contributed by atoms with Crippen LogP contribution < -0.4 is 10.6 Å². The van der Waals surface area contributed by atoms with Gasteiger partial charge >= 0.3 is 6.09 Å². The molecule has 0 saturated carbocycles. The van der Waals surface area contributed by atoms with Gasteiger partial charge in [0, 0.05) is 34.1 Å². The Morgan fingerprint density at radius 1 is 1.05 bits per heavy atom. The van der Waals surface area contributed by atoms with Crippen molar-refractivity contribution in [1.82, 2.24) is 25.4 Å². The average molecular weight is 609 g/mol. The van der Waals surface area contributed by atoms with E-state index < -0.39 is 12.1 Å². The van der Waals surface area contributed by atoms with Crippen molar-refractivity contribution in [3.05, 3.63) is 74.7 Å². The Kier molecular flexibility index (Phi) is 9.74. The second-order valence-corrected chi connectivity index (χ2v) is 12.4. The predicted molar refractivity (Wildman–Crippen MR) is 166 cm³/mol. The van der Waals surface area contributed by atoms with Gasteiger partial charge in [-0.25, -0.2) is 4.79 Å². The van der Waals surface area contributed by atoms with Crippen molar-refractivity contribution in [1.29, 1.82) is 0 Å². The smallest absolute Gasteiger partial charge is 0.407 e. The Balaban J connectivity index is 1.23. The van der Waals surface area contributed by atoms with Gasteiger partial charge in [0.15, 0.2) is 5.82 Å². The van der Waals surface area contributed by atoms with Gasteiger partial charge in [-0.1, -0.05) is 35.9 Å². The summed E-state index contributed by atoms with van der Waals surface area (Å²) in [5.74, 6) is 1.25.